The third kappa shape index (κ3) is 9.33. The maximum Gasteiger partial charge on any atom is 0.323 e. The Labute approximate surface area is 122 Å². The Morgan fingerprint density at radius 3 is 2.05 bits per heavy atom. The van der Waals surface area contributed by atoms with Gasteiger partial charge in [-0.3, -0.25) is 4.79 Å². The fraction of sp³-hybridized carbons (Fsp3) is 0.933. The van der Waals surface area contributed by atoms with Crippen LogP contribution in [0.4, 0.5) is 0 Å². The van der Waals surface area contributed by atoms with Crippen molar-refractivity contribution in [2.45, 2.75) is 76.7 Å². The van der Waals surface area contributed by atoms with Gasteiger partial charge in [-0.15, -0.1) is 0 Å². The van der Waals surface area contributed by atoms with Gasteiger partial charge >= 0.3 is 5.97 Å². The summed E-state index contributed by atoms with van der Waals surface area (Å²) >= 11 is 1.66. The zero-order chi connectivity index (χ0) is 14.6. The third-order valence-electron chi connectivity index (χ3n) is 3.65. The van der Waals surface area contributed by atoms with Gasteiger partial charge in [-0.1, -0.05) is 58.3 Å². The quantitative estimate of drug-likeness (QED) is 0.502. The Bertz CT molecular complexity index is 236. The number of carboxylic acids is 1. The van der Waals surface area contributed by atoms with Crippen LogP contribution in [0.2, 0.25) is 0 Å². The third-order valence-corrected chi connectivity index (χ3v) is 4.27. The molecule has 0 amide bonds. The molecule has 0 saturated carbocycles. The number of rotatable bonds is 13. The molecule has 19 heavy (non-hydrogen) atoms. The molecule has 0 rings (SSSR count). The number of aliphatic carboxylic acids is 1. The van der Waals surface area contributed by atoms with Crippen LogP contribution in [0.25, 0.3) is 0 Å². The number of nitrogens with two attached hydrogens (primary N) is 1. The van der Waals surface area contributed by atoms with Crippen molar-refractivity contribution in [3.8, 4) is 0 Å². The normalized spacial score (nSPS) is 14.3. The summed E-state index contributed by atoms with van der Waals surface area (Å²) in [6, 6.07) is 0. The Morgan fingerprint density at radius 2 is 1.58 bits per heavy atom. The maximum atomic E-state index is 11.2. The Kier molecular flexibility index (Phi) is 11.5. The van der Waals surface area contributed by atoms with Crippen LogP contribution in [0.15, 0.2) is 0 Å². The molecular formula is C15H31NO2S. The average Bonchev–Trinajstić information content (AvgIpc) is 2.39. The van der Waals surface area contributed by atoms with E-state index in [9.17, 15) is 9.90 Å². The first-order chi connectivity index (χ1) is 9.06. The lowest BCUT2D eigenvalue weighted by Crippen LogP contribution is -2.48. The van der Waals surface area contributed by atoms with Crippen LogP contribution in [0, 0.1) is 0 Å². The van der Waals surface area contributed by atoms with Crippen LogP contribution >= 0.6 is 11.8 Å². The van der Waals surface area contributed by atoms with Gasteiger partial charge in [0, 0.05) is 0 Å². The first-order valence-corrected chi connectivity index (χ1v) is 8.97. The molecule has 0 aliphatic carbocycles. The molecule has 0 spiro atoms. The number of hydrogen-bond donors (Lipinski definition) is 2. The molecule has 3 N–H and O–H groups in total. The average molecular weight is 289 g/mol. The lowest BCUT2D eigenvalue weighted by atomic mass is 9.90. The van der Waals surface area contributed by atoms with Crippen LogP contribution in [0.5, 0.6) is 0 Å². The second kappa shape index (κ2) is 11.6. The first-order valence-electron chi connectivity index (χ1n) is 7.58. The standard InChI is InChI=1S/C15H31NO2S/c1-3-4-5-6-7-8-9-10-11-15(16,14(17)18)12-13-19-2/h3-13,16H2,1-2H3,(H,17,18). The molecule has 0 bridgehead atoms. The molecule has 0 aromatic rings. The van der Waals surface area contributed by atoms with Gasteiger partial charge in [0.2, 0.25) is 0 Å². The SMILES string of the molecule is CCCCCCCCCCC(N)(CCSC)C(=O)O. The summed E-state index contributed by atoms with van der Waals surface area (Å²) in [4.78, 5) is 11.2. The fourth-order valence-corrected chi connectivity index (χ4v) is 2.77. The molecular weight excluding hydrogens is 258 g/mol. The molecule has 0 heterocycles. The van der Waals surface area contributed by atoms with Gasteiger partial charge < -0.3 is 10.8 Å². The number of thioether (sulfide) groups is 1. The monoisotopic (exact) mass is 289 g/mol. The molecule has 1 atom stereocenters. The van der Waals surface area contributed by atoms with Crippen molar-refractivity contribution >= 4 is 17.7 Å². The minimum Gasteiger partial charge on any atom is -0.480 e. The minimum absolute atomic E-state index is 0.569. The van der Waals surface area contributed by atoms with Crippen LogP contribution in [-0.4, -0.2) is 28.6 Å². The highest BCUT2D eigenvalue weighted by molar-refractivity contribution is 7.98. The molecule has 0 saturated heterocycles. The summed E-state index contributed by atoms with van der Waals surface area (Å²) in [5.41, 5.74) is 4.99. The van der Waals surface area contributed by atoms with E-state index in [1.54, 1.807) is 11.8 Å². The molecule has 0 aromatic heterocycles. The highest BCUT2D eigenvalue weighted by Crippen LogP contribution is 2.20. The Balaban J connectivity index is 3.67. The van der Waals surface area contributed by atoms with Crippen molar-refractivity contribution < 1.29 is 9.90 Å². The largest absolute Gasteiger partial charge is 0.480 e. The number of carbonyl (C=O) groups is 1. The molecule has 3 nitrogen and oxygen atoms in total. The van der Waals surface area contributed by atoms with Crippen molar-refractivity contribution in [2.75, 3.05) is 12.0 Å². The summed E-state index contributed by atoms with van der Waals surface area (Å²) in [6.07, 6.45) is 13.0. The van der Waals surface area contributed by atoms with Crippen LogP contribution < -0.4 is 5.73 Å². The van der Waals surface area contributed by atoms with E-state index in [1.165, 1.54) is 38.5 Å². The van der Waals surface area contributed by atoms with Gasteiger partial charge in [0.15, 0.2) is 0 Å². The van der Waals surface area contributed by atoms with Crippen LogP contribution in [0.3, 0.4) is 0 Å². The maximum absolute atomic E-state index is 11.2. The predicted octanol–water partition coefficient (Wildman–Crippen LogP) is 4.05. The van der Waals surface area contributed by atoms with Crippen molar-refractivity contribution in [1.82, 2.24) is 0 Å². The Hall–Kier alpha value is -0.220. The summed E-state index contributed by atoms with van der Waals surface area (Å²) < 4.78 is 0. The number of hydrogen-bond acceptors (Lipinski definition) is 3. The number of carboxylic acid groups (broad SMARTS) is 1. The van der Waals surface area contributed by atoms with E-state index in [0.29, 0.717) is 12.8 Å². The summed E-state index contributed by atoms with van der Waals surface area (Å²) in [6.45, 7) is 2.22. The summed E-state index contributed by atoms with van der Waals surface area (Å²) in [5.74, 6) is -0.0238. The topological polar surface area (TPSA) is 63.3 Å². The second-order valence-electron chi connectivity index (χ2n) is 5.43. The fourth-order valence-electron chi connectivity index (χ4n) is 2.20. The van der Waals surface area contributed by atoms with E-state index in [0.717, 1.165) is 18.6 Å². The highest BCUT2D eigenvalue weighted by atomic mass is 32.2. The van der Waals surface area contributed by atoms with E-state index >= 15 is 0 Å². The van der Waals surface area contributed by atoms with Crippen LogP contribution in [0.1, 0.15) is 71.1 Å². The Morgan fingerprint density at radius 1 is 1.05 bits per heavy atom. The van der Waals surface area contributed by atoms with Gasteiger partial charge in [0.1, 0.15) is 5.54 Å². The zero-order valence-corrected chi connectivity index (χ0v) is 13.4. The molecule has 0 radical (unpaired) electrons. The molecule has 0 aliphatic rings. The van der Waals surface area contributed by atoms with Crippen LogP contribution in [-0.2, 0) is 4.79 Å². The van der Waals surface area contributed by atoms with E-state index in [1.807, 2.05) is 6.26 Å². The molecule has 4 heteroatoms. The van der Waals surface area contributed by atoms with Gasteiger partial charge in [0.25, 0.3) is 0 Å². The van der Waals surface area contributed by atoms with Gasteiger partial charge in [-0.05, 0) is 24.9 Å². The summed E-state index contributed by atoms with van der Waals surface area (Å²) in [5, 5.41) is 9.22. The van der Waals surface area contributed by atoms with Crippen molar-refractivity contribution in [1.29, 1.82) is 0 Å². The van der Waals surface area contributed by atoms with Crippen molar-refractivity contribution in [2.24, 2.45) is 5.73 Å². The smallest absolute Gasteiger partial charge is 0.323 e. The predicted molar refractivity (Wildman–Crippen MR) is 84.8 cm³/mol. The first kappa shape index (κ1) is 18.8. The molecule has 0 aromatic carbocycles. The van der Waals surface area contributed by atoms with E-state index < -0.39 is 11.5 Å². The lowest BCUT2D eigenvalue weighted by molar-refractivity contribution is -0.143. The van der Waals surface area contributed by atoms with Gasteiger partial charge in [-0.25, -0.2) is 0 Å². The van der Waals surface area contributed by atoms with E-state index in [2.05, 4.69) is 6.92 Å². The summed E-state index contributed by atoms with van der Waals surface area (Å²) in [7, 11) is 0. The minimum atomic E-state index is -1.01. The molecule has 114 valence electrons. The number of unbranched alkanes of at least 4 members (excludes halogenated alkanes) is 7. The van der Waals surface area contributed by atoms with Gasteiger partial charge in [-0.2, -0.15) is 11.8 Å². The molecule has 1 unspecified atom stereocenters. The molecule has 0 fully saturated rings. The lowest BCUT2D eigenvalue weighted by Gasteiger charge is -2.24. The van der Waals surface area contributed by atoms with Crippen molar-refractivity contribution in [3.63, 3.8) is 0 Å². The zero-order valence-electron chi connectivity index (χ0n) is 12.6. The van der Waals surface area contributed by atoms with Crippen molar-refractivity contribution in [3.05, 3.63) is 0 Å². The second-order valence-corrected chi connectivity index (χ2v) is 6.41. The molecule has 0 aliphatic heterocycles. The highest BCUT2D eigenvalue weighted by Gasteiger charge is 2.32. The van der Waals surface area contributed by atoms with E-state index in [4.69, 9.17) is 5.73 Å². The van der Waals surface area contributed by atoms with E-state index in [-0.39, 0.29) is 0 Å². The van der Waals surface area contributed by atoms with Gasteiger partial charge in [0.05, 0.1) is 0 Å².